The van der Waals surface area contributed by atoms with E-state index in [9.17, 15) is 18.0 Å². The highest BCUT2D eigenvalue weighted by molar-refractivity contribution is 7.89. The number of piperazine rings is 1. The number of ether oxygens (including phenoxy) is 1. The van der Waals surface area contributed by atoms with E-state index in [2.05, 4.69) is 0 Å². The molecule has 0 bridgehead atoms. The van der Waals surface area contributed by atoms with Crippen molar-refractivity contribution in [3.8, 4) is 0 Å². The fraction of sp³-hybridized carbons (Fsp3) is 0.579. The van der Waals surface area contributed by atoms with Crippen molar-refractivity contribution in [2.24, 2.45) is 11.1 Å². The zero-order chi connectivity index (χ0) is 20.6. The van der Waals surface area contributed by atoms with Gasteiger partial charge in [-0.1, -0.05) is 0 Å². The van der Waals surface area contributed by atoms with Crippen LogP contribution in [0.3, 0.4) is 0 Å². The minimum Gasteiger partial charge on any atom is -0.378 e. The minimum absolute atomic E-state index is 0.0830. The van der Waals surface area contributed by atoms with Gasteiger partial charge in [-0.3, -0.25) is 9.59 Å². The van der Waals surface area contributed by atoms with Crippen LogP contribution in [0.5, 0.6) is 0 Å². The SMILES string of the molecule is NS(=O)(=O)c1ccc(N2CCOCC2)c(C(=O)N2CCN(C(=O)C3CC3)CC2)c1. The normalized spacial score (nSPS) is 20.7. The quantitative estimate of drug-likeness (QED) is 0.723. The molecule has 2 heterocycles. The standard InChI is InChI=1S/C19H26N4O5S/c20-29(26,27)15-3-4-17(21-9-11-28-12-10-21)16(13-15)19(25)23-7-5-22(6-8-23)18(24)14-1-2-14/h3-4,13-14H,1-2,5-12H2,(H2,20,26,27). The molecule has 0 radical (unpaired) electrons. The molecular weight excluding hydrogens is 396 g/mol. The number of morpholine rings is 1. The molecule has 0 aromatic heterocycles. The van der Waals surface area contributed by atoms with Crippen LogP contribution in [-0.2, 0) is 19.6 Å². The third-order valence-corrected chi connectivity index (χ3v) is 6.59. The molecule has 10 heteroatoms. The number of carbonyl (C=O) groups is 2. The van der Waals surface area contributed by atoms with E-state index in [1.165, 1.54) is 12.1 Å². The Labute approximate surface area is 170 Å². The van der Waals surface area contributed by atoms with Crippen LogP contribution in [-0.4, -0.2) is 82.5 Å². The molecule has 2 N–H and O–H groups in total. The monoisotopic (exact) mass is 422 g/mol. The van der Waals surface area contributed by atoms with Crippen LogP contribution in [0.15, 0.2) is 23.1 Å². The molecule has 1 aromatic carbocycles. The number of rotatable bonds is 4. The lowest BCUT2D eigenvalue weighted by molar-refractivity contribution is -0.134. The van der Waals surface area contributed by atoms with Crippen LogP contribution in [0.4, 0.5) is 5.69 Å². The number of primary sulfonamides is 1. The molecule has 29 heavy (non-hydrogen) atoms. The highest BCUT2D eigenvalue weighted by Crippen LogP contribution is 2.31. The molecule has 0 unspecified atom stereocenters. The third-order valence-electron chi connectivity index (χ3n) is 5.68. The van der Waals surface area contributed by atoms with Crippen LogP contribution in [0.1, 0.15) is 23.2 Å². The van der Waals surface area contributed by atoms with E-state index in [1.54, 1.807) is 11.0 Å². The molecule has 3 aliphatic rings. The number of amides is 2. The number of sulfonamides is 1. The number of carbonyl (C=O) groups excluding carboxylic acids is 2. The highest BCUT2D eigenvalue weighted by atomic mass is 32.2. The Balaban J connectivity index is 1.56. The topological polar surface area (TPSA) is 113 Å². The third kappa shape index (κ3) is 4.39. The van der Waals surface area contributed by atoms with Gasteiger partial charge >= 0.3 is 0 Å². The summed E-state index contributed by atoms with van der Waals surface area (Å²) in [6.45, 7) is 4.21. The highest BCUT2D eigenvalue weighted by Gasteiger charge is 2.35. The van der Waals surface area contributed by atoms with Crippen molar-refractivity contribution in [2.45, 2.75) is 17.7 Å². The van der Waals surface area contributed by atoms with E-state index in [1.807, 2.05) is 9.80 Å². The molecule has 0 atom stereocenters. The van der Waals surface area contributed by atoms with E-state index in [4.69, 9.17) is 9.88 Å². The van der Waals surface area contributed by atoms with E-state index < -0.39 is 10.0 Å². The number of nitrogens with two attached hydrogens (primary N) is 1. The Bertz CT molecular complexity index is 901. The molecule has 1 saturated carbocycles. The molecule has 0 spiro atoms. The van der Waals surface area contributed by atoms with Crippen LogP contribution in [0.2, 0.25) is 0 Å². The molecule has 9 nitrogen and oxygen atoms in total. The Kier molecular flexibility index (Phi) is 5.50. The van der Waals surface area contributed by atoms with E-state index in [0.717, 1.165) is 12.8 Å². The Morgan fingerprint density at radius 1 is 0.966 bits per heavy atom. The van der Waals surface area contributed by atoms with Crippen molar-refractivity contribution in [1.29, 1.82) is 0 Å². The molecule has 158 valence electrons. The van der Waals surface area contributed by atoms with E-state index in [0.29, 0.717) is 63.7 Å². The van der Waals surface area contributed by atoms with Crippen LogP contribution >= 0.6 is 0 Å². The molecule has 2 aliphatic heterocycles. The molecule has 4 rings (SSSR count). The summed E-state index contributed by atoms with van der Waals surface area (Å²) in [5, 5.41) is 5.29. The van der Waals surface area contributed by atoms with Gasteiger partial charge in [0, 0.05) is 50.9 Å². The van der Waals surface area contributed by atoms with Gasteiger partial charge in [0.1, 0.15) is 0 Å². The number of hydrogen-bond donors (Lipinski definition) is 1. The van der Waals surface area contributed by atoms with Gasteiger partial charge in [0.2, 0.25) is 15.9 Å². The van der Waals surface area contributed by atoms with Gasteiger partial charge in [-0.2, -0.15) is 0 Å². The fourth-order valence-corrected chi connectivity index (χ4v) is 4.37. The predicted octanol–water partition coefficient (Wildman–Crippen LogP) is -0.135. The van der Waals surface area contributed by atoms with Gasteiger partial charge in [-0.15, -0.1) is 0 Å². The molecule has 1 aromatic rings. The zero-order valence-electron chi connectivity index (χ0n) is 16.2. The molecular formula is C19H26N4O5S. The number of nitrogens with zero attached hydrogens (tertiary/aromatic N) is 3. The maximum Gasteiger partial charge on any atom is 0.256 e. The lowest BCUT2D eigenvalue weighted by atomic mass is 10.1. The predicted molar refractivity (Wildman–Crippen MR) is 106 cm³/mol. The first-order valence-corrected chi connectivity index (χ1v) is 11.5. The van der Waals surface area contributed by atoms with Gasteiger partial charge in [0.05, 0.1) is 23.7 Å². The van der Waals surface area contributed by atoms with Crippen molar-refractivity contribution in [3.63, 3.8) is 0 Å². The van der Waals surface area contributed by atoms with Gasteiger partial charge in [-0.25, -0.2) is 13.6 Å². The summed E-state index contributed by atoms with van der Waals surface area (Å²) in [6.07, 6.45) is 1.92. The summed E-state index contributed by atoms with van der Waals surface area (Å²) >= 11 is 0. The van der Waals surface area contributed by atoms with Crippen LogP contribution in [0, 0.1) is 5.92 Å². The lowest BCUT2D eigenvalue weighted by Crippen LogP contribution is -2.51. The van der Waals surface area contributed by atoms with Gasteiger partial charge in [0.15, 0.2) is 0 Å². The zero-order valence-corrected chi connectivity index (χ0v) is 17.1. The summed E-state index contributed by atoms with van der Waals surface area (Å²) in [7, 11) is -3.93. The van der Waals surface area contributed by atoms with Crippen molar-refractivity contribution < 1.29 is 22.7 Å². The van der Waals surface area contributed by atoms with Crippen molar-refractivity contribution in [2.75, 3.05) is 57.4 Å². The second-order valence-corrected chi connectivity index (χ2v) is 9.28. The largest absolute Gasteiger partial charge is 0.378 e. The summed E-state index contributed by atoms with van der Waals surface area (Å²) in [6, 6.07) is 4.44. The second-order valence-electron chi connectivity index (χ2n) is 7.72. The first-order valence-electron chi connectivity index (χ1n) is 9.92. The molecule has 1 aliphatic carbocycles. The average Bonchev–Trinajstić information content (AvgIpc) is 3.58. The first kappa shape index (κ1) is 20.1. The smallest absolute Gasteiger partial charge is 0.256 e. The number of hydrogen-bond acceptors (Lipinski definition) is 6. The maximum atomic E-state index is 13.3. The van der Waals surface area contributed by atoms with Gasteiger partial charge in [-0.05, 0) is 31.0 Å². The Morgan fingerprint density at radius 2 is 1.59 bits per heavy atom. The Hall–Kier alpha value is -2.17. The summed E-state index contributed by atoms with van der Waals surface area (Å²) in [5.41, 5.74) is 1.00. The first-order chi connectivity index (χ1) is 13.8. The van der Waals surface area contributed by atoms with Crippen molar-refractivity contribution >= 4 is 27.5 Å². The Morgan fingerprint density at radius 3 is 2.17 bits per heavy atom. The maximum absolute atomic E-state index is 13.3. The molecule has 2 saturated heterocycles. The summed E-state index contributed by atoms with van der Waals surface area (Å²) in [5.74, 6) is 0.106. The summed E-state index contributed by atoms with van der Waals surface area (Å²) < 4.78 is 29.1. The molecule has 2 amide bonds. The fourth-order valence-electron chi connectivity index (χ4n) is 3.83. The van der Waals surface area contributed by atoms with Crippen LogP contribution in [0.25, 0.3) is 0 Å². The summed E-state index contributed by atoms with van der Waals surface area (Å²) in [4.78, 5) is 31.0. The van der Waals surface area contributed by atoms with Crippen LogP contribution < -0.4 is 10.0 Å². The minimum atomic E-state index is -3.93. The van der Waals surface area contributed by atoms with Gasteiger partial charge in [0.25, 0.3) is 5.91 Å². The average molecular weight is 423 g/mol. The second kappa shape index (κ2) is 7.92. The van der Waals surface area contributed by atoms with E-state index in [-0.39, 0.29) is 22.6 Å². The number of anilines is 1. The van der Waals surface area contributed by atoms with Crippen molar-refractivity contribution in [1.82, 2.24) is 9.80 Å². The van der Waals surface area contributed by atoms with Gasteiger partial charge < -0.3 is 19.4 Å². The van der Waals surface area contributed by atoms with E-state index >= 15 is 0 Å². The lowest BCUT2D eigenvalue weighted by Gasteiger charge is -2.36. The molecule has 3 fully saturated rings. The number of benzene rings is 1. The van der Waals surface area contributed by atoms with Crippen molar-refractivity contribution in [3.05, 3.63) is 23.8 Å².